The Morgan fingerprint density at radius 2 is 1.58 bits per heavy atom. The minimum Gasteiger partial charge on any atom is -0.465 e. The first kappa shape index (κ1) is 22.2. The molecule has 1 aromatic heterocycles. The van der Waals surface area contributed by atoms with Gasteiger partial charge in [0.2, 0.25) is 5.91 Å². The molecule has 4 rings (SSSR count). The normalized spacial score (nSPS) is 10.8. The molecule has 0 aliphatic rings. The molecule has 4 aromatic rings. The monoisotopic (exact) mass is 438 g/mol. The Bertz CT molecular complexity index is 1300. The van der Waals surface area contributed by atoms with E-state index < -0.39 is 0 Å². The molecule has 0 N–H and O–H groups in total. The van der Waals surface area contributed by atoms with E-state index in [1.165, 1.54) is 7.11 Å². The number of hydrogen-bond acceptors (Lipinski definition) is 4. The number of methoxy groups -OCH3 is 1. The standard InChI is InChI=1S/C28H26N2O3/c1-19-24(17-26(31)30(2)18-20-13-15-22(16-14-20)28(32)33-3)27(21-9-5-4-6-10-21)23-11-7-8-12-25(23)29-19/h4-16H,17-18H2,1-3H3. The summed E-state index contributed by atoms with van der Waals surface area (Å²) in [6.45, 7) is 2.41. The van der Waals surface area contributed by atoms with Crippen LogP contribution in [0, 0.1) is 6.92 Å². The van der Waals surface area contributed by atoms with Crippen LogP contribution in [0.4, 0.5) is 0 Å². The van der Waals surface area contributed by atoms with Crippen molar-refractivity contribution in [3.05, 3.63) is 101 Å². The van der Waals surface area contributed by atoms with Crippen molar-refractivity contribution < 1.29 is 14.3 Å². The van der Waals surface area contributed by atoms with Gasteiger partial charge in [-0.1, -0.05) is 60.7 Å². The van der Waals surface area contributed by atoms with Crippen LogP contribution in [0.5, 0.6) is 0 Å². The number of amides is 1. The van der Waals surface area contributed by atoms with E-state index in [-0.39, 0.29) is 18.3 Å². The van der Waals surface area contributed by atoms with E-state index in [4.69, 9.17) is 9.72 Å². The minimum atomic E-state index is -0.376. The van der Waals surface area contributed by atoms with Gasteiger partial charge in [-0.25, -0.2) is 4.79 Å². The summed E-state index contributed by atoms with van der Waals surface area (Å²) in [5, 5.41) is 1.04. The third-order valence-electron chi connectivity index (χ3n) is 5.81. The van der Waals surface area contributed by atoms with E-state index in [0.717, 1.165) is 38.9 Å². The number of carbonyl (C=O) groups excluding carboxylic acids is 2. The van der Waals surface area contributed by atoms with Gasteiger partial charge in [0, 0.05) is 24.7 Å². The molecule has 0 aliphatic carbocycles. The first-order chi connectivity index (χ1) is 16.0. The smallest absolute Gasteiger partial charge is 0.337 e. The third kappa shape index (κ3) is 4.77. The van der Waals surface area contributed by atoms with Crippen LogP contribution in [0.2, 0.25) is 0 Å². The van der Waals surface area contributed by atoms with E-state index in [9.17, 15) is 9.59 Å². The van der Waals surface area contributed by atoms with Gasteiger partial charge in [-0.15, -0.1) is 0 Å². The summed E-state index contributed by atoms with van der Waals surface area (Å²) in [6, 6.07) is 25.3. The summed E-state index contributed by atoms with van der Waals surface area (Å²) in [4.78, 5) is 31.4. The Morgan fingerprint density at radius 1 is 0.909 bits per heavy atom. The van der Waals surface area contributed by atoms with Crippen LogP contribution in [0.25, 0.3) is 22.0 Å². The molecule has 0 fully saturated rings. The van der Waals surface area contributed by atoms with Crippen molar-refractivity contribution >= 4 is 22.8 Å². The lowest BCUT2D eigenvalue weighted by atomic mass is 9.92. The van der Waals surface area contributed by atoms with Gasteiger partial charge in [0.05, 0.1) is 24.6 Å². The number of para-hydroxylation sites is 1. The fraction of sp³-hybridized carbons (Fsp3) is 0.179. The molecule has 0 saturated heterocycles. The lowest BCUT2D eigenvalue weighted by Gasteiger charge is -2.20. The van der Waals surface area contributed by atoms with Crippen LogP contribution in [-0.2, 0) is 22.5 Å². The number of nitrogens with zero attached hydrogens (tertiary/aromatic N) is 2. The molecule has 0 aliphatic heterocycles. The molecular formula is C28H26N2O3. The first-order valence-corrected chi connectivity index (χ1v) is 10.8. The van der Waals surface area contributed by atoms with E-state index in [1.807, 2.05) is 55.5 Å². The molecule has 1 heterocycles. The summed E-state index contributed by atoms with van der Waals surface area (Å²) >= 11 is 0. The molecule has 0 spiro atoms. The van der Waals surface area contributed by atoms with Crippen molar-refractivity contribution in [2.24, 2.45) is 0 Å². The number of hydrogen-bond donors (Lipinski definition) is 0. The number of likely N-dealkylation sites (N-methyl/N-ethyl adjacent to an activating group) is 1. The van der Waals surface area contributed by atoms with Crippen molar-refractivity contribution in [1.29, 1.82) is 0 Å². The van der Waals surface area contributed by atoms with Gasteiger partial charge < -0.3 is 9.64 Å². The zero-order valence-corrected chi connectivity index (χ0v) is 19.0. The van der Waals surface area contributed by atoms with Crippen LogP contribution in [-0.4, -0.2) is 35.9 Å². The molecule has 0 radical (unpaired) electrons. The Morgan fingerprint density at radius 3 is 2.27 bits per heavy atom. The molecule has 1 amide bonds. The quantitative estimate of drug-likeness (QED) is 0.388. The molecule has 0 unspecified atom stereocenters. The highest BCUT2D eigenvalue weighted by Crippen LogP contribution is 2.33. The van der Waals surface area contributed by atoms with Crippen molar-refractivity contribution in [2.45, 2.75) is 19.9 Å². The van der Waals surface area contributed by atoms with Gasteiger partial charge >= 0.3 is 5.97 Å². The fourth-order valence-electron chi connectivity index (χ4n) is 4.04. The van der Waals surface area contributed by atoms with Crippen molar-refractivity contribution in [1.82, 2.24) is 9.88 Å². The fourth-order valence-corrected chi connectivity index (χ4v) is 4.04. The van der Waals surface area contributed by atoms with Crippen LogP contribution >= 0.6 is 0 Å². The van der Waals surface area contributed by atoms with E-state index >= 15 is 0 Å². The second-order valence-electron chi connectivity index (χ2n) is 8.05. The number of aromatic nitrogens is 1. The molecule has 5 nitrogen and oxygen atoms in total. The van der Waals surface area contributed by atoms with E-state index in [0.29, 0.717) is 12.1 Å². The number of fused-ring (bicyclic) bond motifs is 1. The number of esters is 1. The largest absolute Gasteiger partial charge is 0.465 e. The maximum Gasteiger partial charge on any atom is 0.337 e. The predicted molar refractivity (Wildman–Crippen MR) is 130 cm³/mol. The minimum absolute atomic E-state index is 0.00408. The number of pyridine rings is 1. The number of benzene rings is 3. The third-order valence-corrected chi connectivity index (χ3v) is 5.81. The molecule has 33 heavy (non-hydrogen) atoms. The molecule has 166 valence electrons. The van der Waals surface area contributed by atoms with Crippen molar-refractivity contribution in [3.8, 4) is 11.1 Å². The molecular weight excluding hydrogens is 412 g/mol. The predicted octanol–water partition coefficient (Wildman–Crippen LogP) is 5.20. The summed E-state index contributed by atoms with van der Waals surface area (Å²) in [7, 11) is 3.15. The first-order valence-electron chi connectivity index (χ1n) is 10.8. The highest BCUT2D eigenvalue weighted by Gasteiger charge is 2.19. The highest BCUT2D eigenvalue weighted by molar-refractivity contribution is 5.98. The lowest BCUT2D eigenvalue weighted by molar-refractivity contribution is -0.129. The Labute approximate surface area is 193 Å². The van der Waals surface area contributed by atoms with Gasteiger partial charge in [-0.05, 0) is 47.4 Å². The number of rotatable bonds is 6. The molecule has 3 aromatic carbocycles. The average Bonchev–Trinajstić information content (AvgIpc) is 2.84. The SMILES string of the molecule is COC(=O)c1ccc(CN(C)C(=O)Cc2c(C)nc3ccccc3c2-c2ccccc2)cc1. The van der Waals surface area contributed by atoms with Crippen LogP contribution in [0.1, 0.15) is 27.2 Å². The van der Waals surface area contributed by atoms with Crippen LogP contribution < -0.4 is 0 Å². The number of aryl methyl sites for hydroxylation is 1. The van der Waals surface area contributed by atoms with Gasteiger partial charge in [0.25, 0.3) is 0 Å². The average molecular weight is 439 g/mol. The maximum atomic E-state index is 13.2. The lowest BCUT2D eigenvalue weighted by Crippen LogP contribution is -2.28. The molecule has 0 atom stereocenters. The zero-order chi connectivity index (χ0) is 23.4. The van der Waals surface area contributed by atoms with Crippen molar-refractivity contribution in [2.75, 3.05) is 14.2 Å². The second-order valence-corrected chi connectivity index (χ2v) is 8.05. The molecule has 0 bridgehead atoms. The van der Waals surface area contributed by atoms with Gasteiger partial charge in [-0.2, -0.15) is 0 Å². The van der Waals surface area contributed by atoms with Gasteiger partial charge in [0.1, 0.15) is 0 Å². The van der Waals surface area contributed by atoms with E-state index in [2.05, 4.69) is 18.2 Å². The Balaban J connectivity index is 1.62. The maximum absolute atomic E-state index is 13.2. The number of carbonyl (C=O) groups is 2. The van der Waals surface area contributed by atoms with Crippen LogP contribution in [0.15, 0.2) is 78.9 Å². The van der Waals surface area contributed by atoms with Gasteiger partial charge in [0.15, 0.2) is 0 Å². The number of ether oxygens (including phenoxy) is 1. The van der Waals surface area contributed by atoms with Crippen molar-refractivity contribution in [3.63, 3.8) is 0 Å². The highest BCUT2D eigenvalue weighted by atomic mass is 16.5. The van der Waals surface area contributed by atoms with Crippen LogP contribution in [0.3, 0.4) is 0 Å². The zero-order valence-electron chi connectivity index (χ0n) is 19.0. The summed E-state index contributed by atoms with van der Waals surface area (Å²) in [5.41, 5.74) is 6.28. The Kier molecular flexibility index (Phi) is 6.50. The van der Waals surface area contributed by atoms with Gasteiger partial charge in [-0.3, -0.25) is 9.78 Å². The second kappa shape index (κ2) is 9.65. The summed E-state index contributed by atoms with van der Waals surface area (Å²) < 4.78 is 4.74. The van der Waals surface area contributed by atoms with E-state index in [1.54, 1.807) is 24.1 Å². The molecule has 5 heteroatoms. The summed E-state index contributed by atoms with van der Waals surface area (Å²) in [6.07, 6.45) is 0.255. The topological polar surface area (TPSA) is 59.5 Å². The molecule has 0 saturated carbocycles. The summed E-state index contributed by atoms with van der Waals surface area (Å²) in [5.74, 6) is -0.372. The Hall–Kier alpha value is -3.99.